The van der Waals surface area contributed by atoms with Crippen molar-refractivity contribution in [1.29, 1.82) is 0 Å². The number of ether oxygens (including phenoxy) is 1. The van der Waals surface area contributed by atoms with Crippen LogP contribution in [0.2, 0.25) is 0 Å². The first-order valence-corrected chi connectivity index (χ1v) is 6.91. The zero-order valence-electron chi connectivity index (χ0n) is 12.1. The molecule has 3 N–H and O–H groups in total. The van der Waals surface area contributed by atoms with E-state index >= 15 is 0 Å². The van der Waals surface area contributed by atoms with Gasteiger partial charge in [-0.3, -0.25) is 4.79 Å². The minimum absolute atomic E-state index is 0.135. The number of carbonyl (C=O) groups excluding carboxylic acids is 1. The second-order valence-electron chi connectivity index (χ2n) is 4.72. The van der Waals surface area contributed by atoms with Crippen molar-refractivity contribution in [2.24, 2.45) is 5.73 Å². The summed E-state index contributed by atoms with van der Waals surface area (Å²) in [6.07, 6.45) is 3.18. The predicted molar refractivity (Wildman–Crippen MR) is 80.2 cm³/mol. The molecule has 112 valence electrons. The SMILES string of the molecule is COc1cccc(CCCNC(=O)c2coc(CN)c2)c1. The molecule has 0 saturated heterocycles. The average molecular weight is 288 g/mol. The standard InChI is InChI=1S/C16H20N2O3/c1-20-14-6-2-4-12(8-14)5-3-7-18-16(19)13-9-15(10-17)21-11-13/h2,4,6,8-9,11H,3,5,7,10,17H2,1H3,(H,18,19). The van der Waals surface area contributed by atoms with E-state index in [1.807, 2.05) is 24.3 Å². The van der Waals surface area contributed by atoms with Gasteiger partial charge in [-0.15, -0.1) is 0 Å². The number of hydrogen-bond donors (Lipinski definition) is 2. The molecule has 21 heavy (non-hydrogen) atoms. The first-order chi connectivity index (χ1) is 10.2. The van der Waals surface area contributed by atoms with Crippen LogP contribution in [0.15, 0.2) is 41.0 Å². The maximum atomic E-state index is 11.9. The Bertz CT molecular complexity index is 593. The third-order valence-electron chi connectivity index (χ3n) is 3.18. The molecule has 0 bridgehead atoms. The van der Waals surface area contributed by atoms with Gasteiger partial charge in [-0.1, -0.05) is 12.1 Å². The van der Waals surface area contributed by atoms with E-state index in [2.05, 4.69) is 5.32 Å². The minimum Gasteiger partial charge on any atom is -0.497 e. The lowest BCUT2D eigenvalue weighted by Crippen LogP contribution is -2.24. The maximum absolute atomic E-state index is 11.9. The first-order valence-electron chi connectivity index (χ1n) is 6.91. The van der Waals surface area contributed by atoms with Crippen LogP contribution in [-0.4, -0.2) is 19.6 Å². The summed E-state index contributed by atoms with van der Waals surface area (Å²) in [5.41, 5.74) is 7.14. The molecule has 0 aliphatic heterocycles. The van der Waals surface area contributed by atoms with Crippen molar-refractivity contribution in [3.8, 4) is 5.75 Å². The molecule has 0 atom stereocenters. The lowest BCUT2D eigenvalue weighted by Gasteiger charge is -2.05. The zero-order chi connectivity index (χ0) is 15.1. The molecule has 1 heterocycles. The van der Waals surface area contributed by atoms with Gasteiger partial charge in [0.2, 0.25) is 0 Å². The Balaban J connectivity index is 1.75. The molecule has 0 radical (unpaired) electrons. The van der Waals surface area contributed by atoms with Crippen LogP contribution in [0.3, 0.4) is 0 Å². The first kappa shape index (κ1) is 15.1. The lowest BCUT2D eigenvalue weighted by atomic mass is 10.1. The van der Waals surface area contributed by atoms with E-state index in [-0.39, 0.29) is 5.91 Å². The number of methoxy groups -OCH3 is 1. The van der Waals surface area contributed by atoms with Crippen LogP contribution in [0.4, 0.5) is 0 Å². The lowest BCUT2D eigenvalue weighted by molar-refractivity contribution is 0.0952. The molecule has 1 aromatic carbocycles. The number of nitrogens with two attached hydrogens (primary N) is 1. The van der Waals surface area contributed by atoms with Gasteiger partial charge in [0, 0.05) is 6.54 Å². The Hall–Kier alpha value is -2.27. The largest absolute Gasteiger partial charge is 0.497 e. The van der Waals surface area contributed by atoms with Crippen LogP contribution in [0.1, 0.15) is 28.1 Å². The Morgan fingerprint density at radius 3 is 2.95 bits per heavy atom. The number of amides is 1. The maximum Gasteiger partial charge on any atom is 0.254 e. The summed E-state index contributed by atoms with van der Waals surface area (Å²) in [5.74, 6) is 1.32. The van der Waals surface area contributed by atoms with Crippen LogP contribution in [-0.2, 0) is 13.0 Å². The summed E-state index contributed by atoms with van der Waals surface area (Å²) in [6, 6.07) is 9.60. The number of rotatable bonds is 7. The third-order valence-corrected chi connectivity index (χ3v) is 3.18. The second-order valence-corrected chi connectivity index (χ2v) is 4.72. The minimum atomic E-state index is -0.135. The molecule has 0 aliphatic carbocycles. The molecule has 5 heteroatoms. The molecule has 1 amide bonds. The summed E-state index contributed by atoms with van der Waals surface area (Å²) < 4.78 is 10.3. The van der Waals surface area contributed by atoms with Crippen molar-refractivity contribution in [3.05, 3.63) is 53.5 Å². The van der Waals surface area contributed by atoms with E-state index in [1.54, 1.807) is 13.2 Å². The van der Waals surface area contributed by atoms with E-state index in [4.69, 9.17) is 14.9 Å². The number of benzene rings is 1. The van der Waals surface area contributed by atoms with Gasteiger partial charge < -0.3 is 20.2 Å². The Kier molecular flexibility index (Phi) is 5.40. The third kappa shape index (κ3) is 4.36. The van der Waals surface area contributed by atoms with Gasteiger partial charge in [0.25, 0.3) is 5.91 Å². The monoisotopic (exact) mass is 288 g/mol. The van der Waals surface area contributed by atoms with Crippen molar-refractivity contribution in [2.45, 2.75) is 19.4 Å². The second kappa shape index (κ2) is 7.50. The highest BCUT2D eigenvalue weighted by atomic mass is 16.5. The number of hydrogen-bond acceptors (Lipinski definition) is 4. The van der Waals surface area contributed by atoms with Crippen LogP contribution < -0.4 is 15.8 Å². The molecule has 1 aromatic heterocycles. The fourth-order valence-electron chi connectivity index (χ4n) is 2.03. The molecule has 0 unspecified atom stereocenters. The molecule has 0 aliphatic rings. The zero-order valence-corrected chi connectivity index (χ0v) is 12.1. The van der Waals surface area contributed by atoms with Crippen molar-refractivity contribution >= 4 is 5.91 Å². The highest BCUT2D eigenvalue weighted by Crippen LogP contribution is 2.13. The van der Waals surface area contributed by atoms with Gasteiger partial charge in [0.1, 0.15) is 17.8 Å². The van der Waals surface area contributed by atoms with E-state index in [0.29, 0.717) is 24.4 Å². The highest BCUT2D eigenvalue weighted by Gasteiger charge is 2.08. The smallest absolute Gasteiger partial charge is 0.254 e. The molecule has 5 nitrogen and oxygen atoms in total. The summed E-state index contributed by atoms with van der Waals surface area (Å²) in [4.78, 5) is 11.9. The summed E-state index contributed by atoms with van der Waals surface area (Å²) in [7, 11) is 1.65. The van der Waals surface area contributed by atoms with Crippen molar-refractivity contribution in [1.82, 2.24) is 5.32 Å². The van der Waals surface area contributed by atoms with E-state index in [1.165, 1.54) is 11.8 Å². The van der Waals surface area contributed by atoms with Crippen molar-refractivity contribution in [2.75, 3.05) is 13.7 Å². The van der Waals surface area contributed by atoms with E-state index < -0.39 is 0 Å². The van der Waals surface area contributed by atoms with Crippen LogP contribution in [0.5, 0.6) is 5.75 Å². The number of aryl methyl sites for hydroxylation is 1. The van der Waals surface area contributed by atoms with E-state index in [9.17, 15) is 4.79 Å². The molecular weight excluding hydrogens is 268 g/mol. The normalized spacial score (nSPS) is 10.4. The van der Waals surface area contributed by atoms with Crippen molar-refractivity contribution < 1.29 is 13.9 Å². The Labute approximate surface area is 124 Å². The van der Waals surface area contributed by atoms with Gasteiger partial charge in [-0.05, 0) is 36.6 Å². The quantitative estimate of drug-likeness (QED) is 0.765. The fourth-order valence-corrected chi connectivity index (χ4v) is 2.03. The summed E-state index contributed by atoms with van der Waals surface area (Å²) >= 11 is 0. The molecule has 2 aromatic rings. The average Bonchev–Trinajstić information content (AvgIpc) is 3.00. The van der Waals surface area contributed by atoms with Gasteiger partial charge in [0.15, 0.2) is 0 Å². The Morgan fingerprint density at radius 2 is 2.24 bits per heavy atom. The summed E-state index contributed by atoms with van der Waals surface area (Å²) in [6.45, 7) is 0.905. The highest BCUT2D eigenvalue weighted by molar-refractivity contribution is 5.93. The number of furan rings is 1. The molecule has 0 saturated carbocycles. The van der Waals surface area contributed by atoms with Crippen molar-refractivity contribution in [3.63, 3.8) is 0 Å². The fraction of sp³-hybridized carbons (Fsp3) is 0.312. The Morgan fingerprint density at radius 1 is 1.38 bits per heavy atom. The number of carbonyl (C=O) groups is 1. The topological polar surface area (TPSA) is 77.5 Å². The predicted octanol–water partition coefficient (Wildman–Crippen LogP) is 2.11. The van der Waals surface area contributed by atoms with Crippen LogP contribution in [0, 0.1) is 0 Å². The van der Waals surface area contributed by atoms with Gasteiger partial charge >= 0.3 is 0 Å². The number of nitrogens with one attached hydrogen (secondary N) is 1. The van der Waals surface area contributed by atoms with Gasteiger partial charge in [0.05, 0.1) is 19.2 Å². The van der Waals surface area contributed by atoms with Crippen LogP contribution in [0.25, 0.3) is 0 Å². The molecular formula is C16H20N2O3. The molecule has 0 fully saturated rings. The summed E-state index contributed by atoms with van der Waals surface area (Å²) in [5, 5.41) is 2.86. The van der Waals surface area contributed by atoms with Gasteiger partial charge in [-0.25, -0.2) is 0 Å². The van der Waals surface area contributed by atoms with E-state index in [0.717, 1.165) is 18.6 Å². The molecule has 2 rings (SSSR count). The molecule has 0 spiro atoms. The van der Waals surface area contributed by atoms with Crippen LogP contribution >= 0.6 is 0 Å². The van der Waals surface area contributed by atoms with Gasteiger partial charge in [-0.2, -0.15) is 0 Å².